The lowest BCUT2D eigenvalue weighted by molar-refractivity contribution is 0.185. The number of thiazole rings is 1. The lowest BCUT2D eigenvalue weighted by Crippen LogP contribution is -2.26. The smallest absolute Gasteiger partial charge is 0.0959 e. The Balaban J connectivity index is 1.71. The minimum Gasteiger partial charge on any atom is -0.385 e. The van der Waals surface area contributed by atoms with Crippen LogP contribution in [0.3, 0.4) is 0 Å². The van der Waals surface area contributed by atoms with Crippen LogP contribution in [0.2, 0.25) is 0 Å². The number of aromatic nitrogens is 1. The van der Waals surface area contributed by atoms with Gasteiger partial charge in [-0.15, -0.1) is 11.3 Å². The molecule has 0 spiro atoms. The third-order valence-corrected chi connectivity index (χ3v) is 4.04. The molecule has 2 rings (SSSR count). The van der Waals surface area contributed by atoms with E-state index in [1.165, 1.54) is 22.7 Å². The third kappa shape index (κ3) is 3.54. The lowest BCUT2D eigenvalue weighted by Gasteiger charge is -2.11. The molecule has 4 heteroatoms. The molecule has 1 atom stereocenters. The molecule has 16 heavy (non-hydrogen) atoms. The summed E-state index contributed by atoms with van der Waals surface area (Å²) in [5.41, 5.74) is 0. The molecule has 0 saturated heterocycles. The standard InChI is InChI=1S/C12H20N2OS/c1-9(5-6-15-2)13-7-11-8-14-12(16-11)10-3-4-10/h8-10,13H,3-7H2,1-2H3. The summed E-state index contributed by atoms with van der Waals surface area (Å²) in [6, 6.07) is 0.506. The molecule has 0 bridgehead atoms. The van der Waals surface area contributed by atoms with Gasteiger partial charge >= 0.3 is 0 Å². The number of nitrogens with one attached hydrogen (secondary N) is 1. The molecule has 1 aliphatic rings. The van der Waals surface area contributed by atoms with E-state index in [0.717, 1.165) is 25.5 Å². The summed E-state index contributed by atoms with van der Waals surface area (Å²) in [5, 5.41) is 4.83. The van der Waals surface area contributed by atoms with E-state index in [1.807, 2.05) is 17.5 Å². The Morgan fingerprint density at radius 3 is 3.12 bits per heavy atom. The summed E-state index contributed by atoms with van der Waals surface area (Å²) in [6.45, 7) is 3.96. The van der Waals surface area contributed by atoms with Crippen molar-refractivity contribution < 1.29 is 4.74 Å². The minimum absolute atomic E-state index is 0.506. The summed E-state index contributed by atoms with van der Waals surface area (Å²) >= 11 is 1.86. The number of hydrogen-bond donors (Lipinski definition) is 1. The van der Waals surface area contributed by atoms with Gasteiger partial charge in [0.2, 0.25) is 0 Å². The molecule has 1 N–H and O–H groups in total. The minimum atomic E-state index is 0.506. The van der Waals surface area contributed by atoms with E-state index in [1.54, 1.807) is 7.11 Å². The largest absolute Gasteiger partial charge is 0.385 e. The van der Waals surface area contributed by atoms with Crippen LogP contribution in [0.5, 0.6) is 0 Å². The normalized spacial score (nSPS) is 17.6. The van der Waals surface area contributed by atoms with Gasteiger partial charge in [0, 0.05) is 43.3 Å². The number of hydrogen-bond acceptors (Lipinski definition) is 4. The van der Waals surface area contributed by atoms with Gasteiger partial charge in [0.1, 0.15) is 0 Å². The molecule has 0 aliphatic heterocycles. The van der Waals surface area contributed by atoms with Gasteiger partial charge in [-0.1, -0.05) is 0 Å². The molecule has 1 fully saturated rings. The van der Waals surface area contributed by atoms with Gasteiger partial charge in [0.05, 0.1) is 5.01 Å². The van der Waals surface area contributed by atoms with Crippen LogP contribution in [-0.2, 0) is 11.3 Å². The summed E-state index contributed by atoms with van der Waals surface area (Å²) < 4.78 is 5.06. The Morgan fingerprint density at radius 2 is 2.44 bits per heavy atom. The highest BCUT2D eigenvalue weighted by molar-refractivity contribution is 7.11. The van der Waals surface area contributed by atoms with Crippen molar-refractivity contribution in [2.45, 2.75) is 44.7 Å². The van der Waals surface area contributed by atoms with Crippen LogP contribution in [0.15, 0.2) is 6.20 Å². The van der Waals surface area contributed by atoms with Crippen molar-refractivity contribution in [1.29, 1.82) is 0 Å². The molecule has 1 aromatic rings. The molecule has 1 heterocycles. The second-order valence-electron chi connectivity index (χ2n) is 4.50. The van der Waals surface area contributed by atoms with Crippen LogP contribution in [-0.4, -0.2) is 24.7 Å². The molecule has 1 unspecified atom stereocenters. The molecule has 0 radical (unpaired) electrons. The predicted molar refractivity (Wildman–Crippen MR) is 66.9 cm³/mol. The topological polar surface area (TPSA) is 34.1 Å². The Morgan fingerprint density at radius 1 is 1.62 bits per heavy atom. The summed E-state index contributed by atoms with van der Waals surface area (Å²) in [4.78, 5) is 5.83. The van der Waals surface area contributed by atoms with E-state index in [0.29, 0.717) is 6.04 Å². The molecule has 1 saturated carbocycles. The first-order chi connectivity index (χ1) is 7.79. The molecular formula is C12H20N2OS. The van der Waals surface area contributed by atoms with Crippen molar-refractivity contribution in [3.63, 3.8) is 0 Å². The van der Waals surface area contributed by atoms with E-state index in [9.17, 15) is 0 Å². The summed E-state index contributed by atoms with van der Waals surface area (Å²) in [5.74, 6) is 0.782. The number of methoxy groups -OCH3 is 1. The van der Waals surface area contributed by atoms with E-state index < -0.39 is 0 Å². The van der Waals surface area contributed by atoms with Gasteiger partial charge < -0.3 is 10.1 Å². The fourth-order valence-electron chi connectivity index (χ4n) is 1.59. The van der Waals surface area contributed by atoms with Crippen molar-refractivity contribution in [3.05, 3.63) is 16.1 Å². The molecule has 3 nitrogen and oxygen atoms in total. The van der Waals surface area contributed by atoms with Crippen LogP contribution >= 0.6 is 11.3 Å². The Kier molecular flexibility index (Phi) is 4.32. The van der Waals surface area contributed by atoms with Crippen molar-refractivity contribution >= 4 is 11.3 Å². The maximum Gasteiger partial charge on any atom is 0.0959 e. The van der Waals surface area contributed by atoms with Gasteiger partial charge in [-0.3, -0.25) is 0 Å². The first-order valence-electron chi connectivity index (χ1n) is 5.96. The van der Waals surface area contributed by atoms with E-state index >= 15 is 0 Å². The highest BCUT2D eigenvalue weighted by Crippen LogP contribution is 2.41. The number of rotatable bonds is 7. The Hall–Kier alpha value is -0.450. The van der Waals surface area contributed by atoms with Crippen LogP contribution < -0.4 is 5.32 Å². The van der Waals surface area contributed by atoms with Crippen LogP contribution in [0.1, 0.15) is 42.0 Å². The Bertz CT molecular complexity index is 323. The van der Waals surface area contributed by atoms with E-state index in [2.05, 4.69) is 17.2 Å². The monoisotopic (exact) mass is 240 g/mol. The van der Waals surface area contributed by atoms with E-state index in [4.69, 9.17) is 4.74 Å². The van der Waals surface area contributed by atoms with E-state index in [-0.39, 0.29) is 0 Å². The van der Waals surface area contributed by atoms with Crippen molar-refractivity contribution in [2.75, 3.05) is 13.7 Å². The van der Waals surface area contributed by atoms with Crippen molar-refractivity contribution in [2.24, 2.45) is 0 Å². The highest BCUT2D eigenvalue weighted by atomic mass is 32.1. The average molecular weight is 240 g/mol. The zero-order valence-corrected chi connectivity index (χ0v) is 10.8. The first-order valence-corrected chi connectivity index (χ1v) is 6.78. The number of nitrogens with zero attached hydrogens (tertiary/aromatic N) is 1. The third-order valence-electron chi connectivity index (χ3n) is 2.88. The lowest BCUT2D eigenvalue weighted by atomic mass is 10.2. The molecule has 90 valence electrons. The van der Waals surface area contributed by atoms with Crippen LogP contribution in [0, 0.1) is 0 Å². The maximum atomic E-state index is 5.06. The first kappa shape index (κ1) is 12.0. The zero-order valence-electron chi connectivity index (χ0n) is 10.0. The summed E-state index contributed by atoms with van der Waals surface area (Å²) in [6.07, 6.45) is 5.76. The van der Waals surface area contributed by atoms with Gasteiger partial charge in [-0.2, -0.15) is 0 Å². The quantitative estimate of drug-likeness (QED) is 0.795. The molecular weight excluding hydrogens is 220 g/mol. The van der Waals surface area contributed by atoms with Crippen molar-refractivity contribution in [1.82, 2.24) is 10.3 Å². The second-order valence-corrected chi connectivity index (χ2v) is 5.65. The zero-order chi connectivity index (χ0) is 11.4. The van der Waals surface area contributed by atoms with Gasteiger partial charge in [-0.25, -0.2) is 4.98 Å². The van der Waals surface area contributed by atoms with Gasteiger partial charge in [-0.05, 0) is 26.2 Å². The average Bonchev–Trinajstić information content (AvgIpc) is 3.03. The molecule has 0 amide bonds. The maximum absolute atomic E-state index is 5.06. The fourth-order valence-corrected chi connectivity index (χ4v) is 2.63. The number of ether oxygens (including phenoxy) is 1. The predicted octanol–water partition coefficient (Wildman–Crippen LogP) is 2.54. The van der Waals surface area contributed by atoms with Gasteiger partial charge in [0.25, 0.3) is 0 Å². The van der Waals surface area contributed by atoms with Crippen molar-refractivity contribution in [3.8, 4) is 0 Å². The van der Waals surface area contributed by atoms with Crippen LogP contribution in [0.4, 0.5) is 0 Å². The molecule has 1 aromatic heterocycles. The molecule has 0 aromatic carbocycles. The Labute approximate surface area is 101 Å². The molecule has 1 aliphatic carbocycles. The fraction of sp³-hybridized carbons (Fsp3) is 0.750. The van der Waals surface area contributed by atoms with Crippen LogP contribution in [0.25, 0.3) is 0 Å². The van der Waals surface area contributed by atoms with Gasteiger partial charge in [0.15, 0.2) is 0 Å². The highest BCUT2D eigenvalue weighted by Gasteiger charge is 2.26. The second kappa shape index (κ2) is 5.75. The SMILES string of the molecule is COCCC(C)NCc1cnc(C2CC2)s1. The summed E-state index contributed by atoms with van der Waals surface area (Å²) in [7, 11) is 1.75.